The maximum absolute atomic E-state index is 12.5. The number of nitrogens with zero attached hydrogens (tertiary/aromatic N) is 3. The minimum absolute atomic E-state index is 0.0903. The highest BCUT2D eigenvalue weighted by molar-refractivity contribution is 5.97. The molecule has 1 aliphatic heterocycles. The van der Waals surface area contributed by atoms with Crippen molar-refractivity contribution in [3.63, 3.8) is 0 Å². The van der Waals surface area contributed by atoms with E-state index >= 15 is 0 Å². The average Bonchev–Trinajstić information content (AvgIpc) is 3.37. The Labute approximate surface area is 146 Å². The SMILES string of the molecule is Cc1nccc(-c2cccc(NC(=O)[C@H]3CC(=O)N(C4CC4)C3)c2)n1. The highest BCUT2D eigenvalue weighted by Gasteiger charge is 2.41. The van der Waals surface area contributed by atoms with Gasteiger partial charge in [0.1, 0.15) is 5.82 Å². The van der Waals surface area contributed by atoms with E-state index in [0.717, 1.165) is 29.8 Å². The number of hydrogen-bond donors (Lipinski definition) is 1. The highest BCUT2D eigenvalue weighted by Crippen LogP contribution is 2.33. The first-order chi connectivity index (χ1) is 12.1. The van der Waals surface area contributed by atoms with Crippen LogP contribution >= 0.6 is 0 Å². The van der Waals surface area contributed by atoms with Crippen LogP contribution < -0.4 is 5.32 Å². The summed E-state index contributed by atoms with van der Waals surface area (Å²) in [6.07, 6.45) is 4.17. The summed E-state index contributed by atoms with van der Waals surface area (Å²) in [4.78, 5) is 34.9. The normalized spacial score (nSPS) is 20.0. The second-order valence-corrected chi connectivity index (χ2v) is 6.74. The Morgan fingerprint density at radius 2 is 2.12 bits per heavy atom. The van der Waals surface area contributed by atoms with Gasteiger partial charge < -0.3 is 10.2 Å². The standard InChI is InChI=1S/C19H20N4O2/c1-12-20-8-7-17(21-12)13-3-2-4-15(9-13)22-19(25)14-10-18(24)23(11-14)16-5-6-16/h2-4,7-9,14,16H,5-6,10-11H2,1H3,(H,22,25)/t14-/m0/s1. The van der Waals surface area contributed by atoms with E-state index in [2.05, 4.69) is 15.3 Å². The topological polar surface area (TPSA) is 75.2 Å². The van der Waals surface area contributed by atoms with Crippen LogP contribution in [0, 0.1) is 12.8 Å². The van der Waals surface area contributed by atoms with Crippen molar-refractivity contribution in [3.05, 3.63) is 42.4 Å². The summed E-state index contributed by atoms with van der Waals surface area (Å²) in [5, 5.41) is 2.95. The van der Waals surface area contributed by atoms with Gasteiger partial charge in [0, 0.05) is 36.5 Å². The molecule has 1 saturated heterocycles. The van der Waals surface area contributed by atoms with E-state index in [1.54, 1.807) is 6.20 Å². The number of aryl methyl sites for hydroxylation is 1. The van der Waals surface area contributed by atoms with Gasteiger partial charge in [0.25, 0.3) is 0 Å². The first-order valence-electron chi connectivity index (χ1n) is 8.60. The van der Waals surface area contributed by atoms with Crippen LogP contribution in [0.4, 0.5) is 5.69 Å². The lowest BCUT2D eigenvalue weighted by Gasteiger charge is -2.15. The Morgan fingerprint density at radius 3 is 2.88 bits per heavy atom. The Kier molecular flexibility index (Phi) is 3.95. The predicted octanol–water partition coefficient (Wildman–Crippen LogP) is 2.40. The summed E-state index contributed by atoms with van der Waals surface area (Å²) in [7, 11) is 0. The van der Waals surface area contributed by atoms with E-state index in [4.69, 9.17) is 0 Å². The fraction of sp³-hybridized carbons (Fsp3) is 0.368. The molecule has 0 radical (unpaired) electrons. The number of nitrogens with one attached hydrogen (secondary N) is 1. The molecule has 2 aliphatic rings. The summed E-state index contributed by atoms with van der Waals surface area (Å²) < 4.78 is 0. The number of hydrogen-bond acceptors (Lipinski definition) is 4. The van der Waals surface area contributed by atoms with Gasteiger partial charge in [0.05, 0.1) is 11.6 Å². The molecule has 0 bridgehead atoms. The molecule has 25 heavy (non-hydrogen) atoms. The lowest BCUT2D eigenvalue weighted by atomic mass is 10.1. The van der Waals surface area contributed by atoms with Gasteiger partial charge in [0.2, 0.25) is 11.8 Å². The van der Waals surface area contributed by atoms with Crippen molar-refractivity contribution in [1.29, 1.82) is 0 Å². The average molecular weight is 336 g/mol. The second kappa shape index (κ2) is 6.27. The quantitative estimate of drug-likeness (QED) is 0.930. The molecule has 1 saturated carbocycles. The number of carbonyl (C=O) groups excluding carboxylic acids is 2. The summed E-state index contributed by atoms with van der Waals surface area (Å²) in [6, 6.07) is 9.80. The van der Waals surface area contributed by atoms with Crippen LogP contribution in [0.1, 0.15) is 25.1 Å². The van der Waals surface area contributed by atoms with Crippen LogP contribution in [0.25, 0.3) is 11.3 Å². The Bertz CT molecular complexity index is 832. The molecule has 128 valence electrons. The summed E-state index contributed by atoms with van der Waals surface area (Å²) in [5.74, 6) is 0.454. The van der Waals surface area contributed by atoms with Gasteiger partial charge in [-0.1, -0.05) is 12.1 Å². The van der Waals surface area contributed by atoms with E-state index in [-0.39, 0.29) is 17.7 Å². The molecule has 1 N–H and O–H groups in total. The molecule has 1 atom stereocenters. The molecule has 2 aromatic rings. The van der Waals surface area contributed by atoms with Crippen LogP contribution in [0.15, 0.2) is 36.5 Å². The molecule has 2 amide bonds. The fourth-order valence-electron chi connectivity index (χ4n) is 3.26. The molecule has 0 unspecified atom stereocenters. The van der Waals surface area contributed by atoms with E-state index < -0.39 is 0 Å². The largest absolute Gasteiger partial charge is 0.339 e. The Morgan fingerprint density at radius 1 is 1.28 bits per heavy atom. The number of amides is 2. The smallest absolute Gasteiger partial charge is 0.229 e. The molecule has 1 aromatic carbocycles. The zero-order chi connectivity index (χ0) is 17.4. The van der Waals surface area contributed by atoms with Crippen molar-refractivity contribution in [3.8, 4) is 11.3 Å². The molecular weight excluding hydrogens is 316 g/mol. The number of rotatable bonds is 4. The second-order valence-electron chi connectivity index (χ2n) is 6.74. The molecule has 1 aliphatic carbocycles. The molecule has 6 heteroatoms. The van der Waals surface area contributed by atoms with Crippen molar-refractivity contribution in [2.75, 3.05) is 11.9 Å². The zero-order valence-corrected chi connectivity index (χ0v) is 14.1. The van der Waals surface area contributed by atoms with Crippen LogP contribution in [0.2, 0.25) is 0 Å². The third-order valence-corrected chi connectivity index (χ3v) is 4.72. The van der Waals surface area contributed by atoms with Crippen molar-refractivity contribution in [2.45, 2.75) is 32.2 Å². The zero-order valence-electron chi connectivity index (χ0n) is 14.1. The minimum Gasteiger partial charge on any atom is -0.339 e. The molecule has 4 rings (SSSR count). The summed E-state index contributed by atoms with van der Waals surface area (Å²) in [6.45, 7) is 2.39. The molecule has 2 heterocycles. The Hall–Kier alpha value is -2.76. The van der Waals surface area contributed by atoms with Gasteiger partial charge in [-0.15, -0.1) is 0 Å². The predicted molar refractivity (Wildman–Crippen MR) is 93.7 cm³/mol. The maximum Gasteiger partial charge on any atom is 0.229 e. The van der Waals surface area contributed by atoms with Gasteiger partial charge in [-0.2, -0.15) is 0 Å². The summed E-state index contributed by atoms with van der Waals surface area (Å²) >= 11 is 0. The maximum atomic E-state index is 12.5. The van der Waals surface area contributed by atoms with Crippen LogP contribution in [-0.4, -0.2) is 39.3 Å². The fourth-order valence-corrected chi connectivity index (χ4v) is 3.26. The van der Waals surface area contributed by atoms with Crippen LogP contribution in [0.5, 0.6) is 0 Å². The number of likely N-dealkylation sites (tertiary alicyclic amines) is 1. The van der Waals surface area contributed by atoms with E-state index in [9.17, 15) is 9.59 Å². The van der Waals surface area contributed by atoms with Gasteiger partial charge in [0.15, 0.2) is 0 Å². The van der Waals surface area contributed by atoms with Gasteiger partial charge in [-0.25, -0.2) is 9.97 Å². The molecular formula is C19H20N4O2. The van der Waals surface area contributed by atoms with E-state index in [1.807, 2.05) is 42.2 Å². The van der Waals surface area contributed by atoms with Gasteiger partial charge in [-0.3, -0.25) is 9.59 Å². The number of benzene rings is 1. The summed E-state index contributed by atoms with van der Waals surface area (Å²) in [5.41, 5.74) is 2.46. The van der Waals surface area contributed by atoms with Crippen molar-refractivity contribution in [2.24, 2.45) is 5.92 Å². The first kappa shape index (κ1) is 15.7. The van der Waals surface area contributed by atoms with E-state index in [1.165, 1.54) is 0 Å². The van der Waals surface area contributed by atoms with Crippen molar-refractivity contribution in [1.82, 2.24) is 14.9 Å². The van der Waals surface area contributed by atoms with E-state index in [0.29, 0.717) is 24.8 Å². The molecule has 6 nitrogen and oxygen atoms in total. The van der Waals surface area contributed by atoms with Gasteiger partial charge >= 0.3 is 0 Å². The lowest BCUT2D eigenvalue weighted by molar-refractivity contribution is -0.128. The van der Waals surface area contributed by atoms with Crippen molar-refractivity contribution < 1.29 is 9.59 Å². The number of anilines is 1. The van der Waals surface area contributed by atoms with Crippen molar-refractivity contribution >= 4 is 17.5 Å². The number of aromatic nitrogens is 2. The van der Waals surface area contributed by atoms with Gasteiger partial charge in [-0.05, 0) is 38.0 Å². The lowest BCUT2D eigenvalue weighted by Crippen LogP contribution is -2.29. The minimum atomic E-state index is -0.266. The van der Waals surface area contributed by atoms with Crippen LogP contribution in [-0.2, 0) is 9.59 Å². The Balaban J connectivity index is 1.47. The number of carbonyl (C=O) groups is 2. The highest BCUT2D eigenvalue weighted by atomic mass is 16.2. The monoisotopic (exact) mass is 336 g/mol. The van der Waals surface area contributed by atoms with Crippen LogP contribution in [0.3, 0.4) is 0 Å². The molecule has 2 fully saturated rings. The molecule has 1 aromatic heterocycles. The third kappa shape index (κ3) is 3.38. The molecule has 0 spiro atoms. The third-order valence-electron chi connectivity index (χ3n) is 4.72. The first-order valence-corrected chi connectivity index (χ1v) is 8.60.